The quantitative estimate of drug-likeness (QED) is 0.822. The first-order chi connectivity index (χ1) is 9.17. The summed E-state index contributed by atoms with van der Waals surface area (Å²) in [6.07, 6.45) is 0.511. The fourth-order valence-electron chi connectivity index (χ4n) is 1.82. The number of hydrogen-bond acceptors (Lipinski definition) is 6. The van der Waals surface area contributed by atoms with Crippen molar-refractivity contribution in [3.05, 3.63) is 29.4 Å². The molecule has 6 nitrogen and oxygen atoms in total. The first kappa shape index (κ1) is 13.2. The van der Waals surface area contributed by atoms with Crippen LogP contribution in [0, 0.1) is 6.92 Å². The topological polar surface area (TPSA) is 66.6 Å². The van der Waals surface area contributed by atoms with Crippen LogP contribution in [-0.4, -0.2) is 31.5 Å². The summed E-state index contributed by atoms with van der Waals surface area (Å²) < 4.78 is 20.9. The number of ether oxygens (including phenoxy) is 3. The summed E-state index contributed by atoms with van der Waals surface area (Å²) in [6, 6.07) is 3.72. The van der Waals surface area contributed by atoms with Crippen LogP contribution in [0.4, 0.5) is 0 Å². The van der Waals surface area contributed by atoms with E-state index < -0.39 is 0 Å². The highest BCUT2D eigenvalue weighted by molar-refractivity contribution is 5.54. The normalized spacial score (nSPS) is 10.3. The maximum Gasteiger partial charge on any atom is 0.231 e. The molecule has 19 heavy (non-hydrogen) atoms. The van der Waals surface area contributed by atoms with Gasteiger partial charge >= 0.3 is 0 Å². The fourth-order valence-corrected chi connectivity index (χ4v) is 1.82. The standard InChI is InChI=1S/C13H16N2O4/c1-8-14-12(19-15-8)7-9-5-10(16-2)13(18-4)11(6-9)17-3/h5-6H,7H2,1-4H3. The predicted octanol–water partition coefficient (Wildman–Crippen LogP) is 1.99. The van der Waals surface area contributed by atoms with E-state index in [1.165, 1.54) is 0 Å². The number of benzene rings is 1. The monoisotopic (exact) mass is 264 g/mol. The molecular weight excluding hydrogens is 248 g/mol. The van der Waals surface area contributed by atoms with Crippen LogP contribution in [-0.2, 0) is 6.42 Å². The van der Waals surface area contributed by atoms with E-state index >= 15 is 0 Å². The number of methoxy groups -OCH3 is 3. The van der Waals surface area contributed by atoms with E-state index in [2.05, 4.69) is 10.1 Å². The average Bonchev–Trinajstić information content (AvgIpc) is 2.82. The fraction of sp³-hybridized carbons (Fsp3) is 0.385. The van der Waals surface area contributed by atoms with Crippen LogP contribution in [0.15, 0.2) is 16.7 Å². The van der Waals surface area contributed by atoms with Gasteiger partial charge in [-0.05, 0) is 24.6 Å². The van der Waals surface area contributed by atoms with Crippen molar-refractivity contribution in [1.29, 1.82) is 0 Å². The Kier molecular flexibility index (Phi) is 3.89. The van der Waals surface area contributed by atoms with Crippen molar-refractivity contribution >= 4 is 0 Å². The molecule has 2 rings (SSSR count). The minimum Gasteiger partial charge on any atom is -0.493 e. The Hall–Kier alpha value is -2.24. The van der Waals surface area contributed by atoms with E-state index in [4.69, 9.17) is 18.7 Å². The van der Waals surface area contributed by atoms with Gasteiger partial charge in [-0.2, -0.15) is 4.98 Å². The van der Waals surface area contributed by atoms with E-state index in [9.17, 15) is 0 Å². The Morgan fingerprint density at radius 1 is 1.05 bits per heavy atom. The third-order valence-corrected chi connectivity index (χ3v) is 2.65. The van der Waals surface area contributed by atoms with Gasteiger partial charge in [-0.25, -0.2) is 0 Å². The lowest BCUT2D eigenvalue weighted by Gasteiger charge is -2.13. The molecule has 0 aliphatic carbocycles. The van der Waals surface area contributed by atoms with Crippen molar-refractivity contribution in [3.8, 4) is 17.2 Å². The van der Waals surface area contributed by atoms with Gasteiger partial charge in [-0.3, -0.25) is 0 Å². The molecule has 0 fully saturated rings. The van der Waals surface area contributed by atoms with Crippen LogP contribution in [0.5, 0.6) is 17.2 Å². The third kappa shape index (κ3) is 2.78. The summed E-state index contributed by atoms with van der Waals surface area (Å²) in [7, 11) is 4.73. The van der Waals surface area contributed by atoms with Gasteiger partial charge in [0.1, 0.15) is 0 Å². The van der Waals surface area contributed by atoms with Crippen LogP contribution in [0.25, 0.3) is 0 Å². The Balaban J connectivity index is 2.35. The zero-order valence-electron chi connectivity index (χ0n) is 11.4. The molecule has 0 unspecified atom stereocenters. The second kappa shape index (κ2) is 5.60. The highest BCUT2D eigenvalue weighted by Gasteiger charge is 2.14. The second-order valence-electron chi connectivity index (χ2n) is 3.95. The molecule has 0 aliphatic rings. The first-order valence-corrected chi connectivity index (χ1v) is 5.76. The van der Waals surface area contributed by atoms with Crippen LogP contribution < -0.4 is 14.2 Å². The van der Waals surface area contributed by atoms with Crippen LogP contribution >= 0.6 is 0 Å². The molecule has 1 aromatic carbocycles. The largest absolute Gasteiger partial charge is 0.493 e. The number of nitrogens with zero attached hydrogens (tertiary/aromatic N) is 2. The molecule has 2 aromatic rings. The molecule has 0 N–H and O–H groups in total. The van der Waals surface area contributed by atoms with Crippen LogP contribution in [0.1, 0.15) is 17.3 Å². The number of aryl methyl sites for hydroxylation is 1. The SMILES string of the molecule is COc1cc(Cc2nc(C)no2)cc(OC)c1OC. The molecule has 0 aliphatic heterocycles. The summed E-state index contributed by atoms with van der Waals surface area (Å²) in [4.78, 5) is 4.17. The maximum atomic E-state index is 5.29. The van der Waals surface area contributed by atoms with Gasteiger partial charge in [0.15, 0.2) is 17.3 Å². The van der Waals surface area contributed by atoms with E-state index in [-0.39, 0.29) is 0 Å². The van der Waals surface area contributed by atoms with Gasteiger partial charge in [-0.1, -0.05) is 5.16 Å². The molecule has 102 valence electrons. The lowest BCUT2D eigenvalue weighted by molar-refractivity contribution is 0.323. The molecule has 0 radical (unpaired) electrons. The summed E-state index contributed by atoms with van der Waals surface area (Å²) in [5, 5.41) is 3.76. The van der Waals surface area contributed by atoms with Gasteiger partial charge in [-0.15, -0.1) is 0 Å². The summed E-state index contributed by atoms with van der Waals surface area (Å²) in [6.45, 7) is 1.78. The van der Waals surface area contributed by atoms with Gasteiger partial charge in [0.05, 0.1) is 27.8 Å². The number of rotatable bonds is 5. The minimum absolute atomic E-state index is 0.511. The molecule has 0 saturated heterocycles. The molecule has 0 bridgehead atoms. The lowest BCUT2D eigenvalue weighted by Crippen LogP contribution is -1.98. The Morgan fingerprint density at radius 2 is 1.68 bits per heavy atom. The molecule has 1 aromatic heterocycles. The molecular formula is C13H16N2O4. The average molecular weight is 264 g/mol. The van der Waals surface area contributed by atoms with Crippen LogP contribution in [0.3, 0.4) is 0 Å². The van der Waals surface area contributed by atoms with Crippen molar-refractivity contribution in [2.24, 2.45) is 0 Å². The second-order valence-corrected chi connectivity index (χ2v) is 3.95. The lowest BCUT2D eigenvalue weighted by atomic mass is 10.1. The number of aromatic nitrogens is 2. The smallest absolute Gasteiger partial charge is 0.231 e. The highest BCUT2D eigenvalue weighted by Crippen LogP contribution is 2.38. The zero-order valence-corrected chi connectivity index (χ0v) is 11.4. The van der Waals surface area contributed by atoms with Crippen molar-refractivity contribution in [2.75, 3.05) is 21.3 Å². The first-order valence-electron chi connectivity index (χ1n) is 5.76. The van der Waals surface area contributed by atoms with E-state index in [0.717, 1.165) is 5.56 Å². The van der Waals surface area contributed by atoms with Gasteiger partial charge in [0.2, 0.25) is 11.6 Å². The maximum absolute atomic E-state index is 5.29. The van der Waals surface area contributed by atoms with Crippen molar-refractivity contribution in [1.82, 2.24) is 10.1 Å². The molecule has 0 atom stereocenters. The molecule has 6 heteroatoms. The van der Waals surface area contributed by atoms with Gasteiger partial charge in [0, 0.05) is 0 Å². The van der Waals surface area contributed by atoms with Crippen molar-refractivity contribution < 1.29 is 18.7 Å². The van der Waals surface area contributed by atoms with E-state index in [1.54, 1.807) is 28.3 Å². The number of hydrogen-bond donors (Lipinski definition) is 0. The molecule has 0 amide bonds. The molecule has 1 heterocycles. The summed E-state index contributed by atoms with van der Waals surface area (Å²) in [5.74, 6) is 2.94. The van der Waals surface area contributed by atoms with Gasteiger partial charge < -0.3 is 18.7 Å². The zero-order chi connectivity index (χ0) is 13.8. The van der Waals surface area contributed by atoms with E-state index in [0.29, 0.717) is 35.4 Å². The minimum atomic E-state index is 0.511. The highest BCUT2D eigenvalue weighted by atomic mass is 16.5. The Bertz CT molecular complexity index is 541. The summed E-state index contributed by atoms with van der Waals surface area (Å²) >= 11 is 0. The van der Waals surface area contributed by atoms with Crippen LogP contribution in [0.2, 0.25) is 0 Å². The summed E-state index contributed by atoms with van der Waals surface area (Å²) in [5.41, 5.74) is 0.943. The predicted molar refractivity (Wildman–Crippen MR) is 67.9 cm³/mol. The Morgan fingerprint density at radius 3 is 2.11 bits per heavy atom. The van der Waals surface area contributed by atoms with Gasteiger partial charge in [0.25, 0.3) is 0 Å². The Labute approximate surface area is 111 Å². The molecule has 0 spiro atoms. The third-order valence-electron chi connectivity index (χ3n) is 2.65. The van der Waals surface area contributed by atoms with E-state index in [1.807, 2.05) is 12.1 Å². The van der Waals surface area contributed by atoms with Crippen molar-refractivity contribution in [3.63, 3.8) is 0 Å². The van der Waals surface area contributed by atoms with Crippen molar-refractivity contribution in [2.45, 2.75) is 13.3 Å². The molecule has 0 saturated carbocycles.